The quantitative estimate of drug-likeness (QED) is 0.846. The van der Waals surface area contributed by atoms with Gasteiger partial charge in [0.15, 0.2) is 9.84 Å². The average molecular weight is 256 g/mol. The molecule has 0 amide bonds. The largest absolute Gasteiger partial charge is 0.488 e. The first-order chi connectivity index (χ1) is 8.11. The molecule has 0 unspecified atom stereocenters. The van der Waals surface area contributed by atoms with Gasteiger partial charge in [0.25, 0.3) is 0 Å². The zero-order valence-electron chi connectivity index (χ0n) is 9.50. The van der Waals surface area contributed by atoms with Crippen LogP contribution in [0.4, 0.5) is 0 Å². The molecule has 94 valence electrons. The Morgan fingerprint density at radius 2 is 2.00 bits per heavy atom. The summed E-state index contributed by atoms with van der Waals surface area (Å²) in [5, 5.41) is 8.81. The highest BCUT2D eigenvalue weighted by atomic mass is 32.2. The summed E-state index contributed by atoms with van der Waals surface area (Å²) in [6.07, 6.45) is 1.21. The topological polar surface area (TPSA) is 63.6 Å². The van der Waals surface area contributed by atoms with Gasteiger partial charge < -0.3 is 9.84 Å². The Balaban J connectivity index is 2.00. The molecule has 0 atom stereocenters. The second-order valence-corrected chi connectivity index (χ2v) is 6.41. The van der Waals surface area contributed by atoms with Crippen molar-refractivity contribution in [1.82, 2.24) is 0 Å². The number of aryl methyl sites for hydroxylation is 1. The first kappa shape index (κ1) is 12.4. The molecular formula is C12H16O4S. The summed E-state index contributed by atoms with van der Waals surface area (Å²) in [7, 11) is -2.85. The van der Waals surface area contributed by atoms with E-state index in [0.29, 0.717) is 6.42 Å². The van der Waals surface area contributed by atoms with E-state index in [4.69, 9.17) is 9.84 Å². The molecule has 1 N–H and O–H groups in total. The summed E-state index contributed by atoms with van der Waals surface area (Å²) in [5.41, 5.74) is 1.02. The minimum atomic E-state index is -2.85. The van der Waals surface area contributed by atoms with Gasteiger partial charge in [-0.15, -0.1) is 0 Å². The van der Waals surface area contributed by atoms with Crippen molar-refractivity contribution >= 4 is 9.84 Å². The van der Waals surface area contributed by atoms with Gasteiger partial charge in [0, 0.05) is 6.61 Å². The molecule has 1 saturated heterocycles. The Labute approximate surface area is 101 Å². The second kappa shape index (κ2) is 5.06. The highest BCUT2D eigenvalue weighted by Crippen LogP contribution is 2.24. The molecule has 0 bridgehead atoms. The number of aliphatic hydroxyl groups is 1. The Kier molecular flexibility index (Phi) is 3.69. The van der Waals surface area contributed by atoms with Crippen LogP contribution < -0.4 is 4.74 Å². The van der Waals surface area contributed by atoms with Crippen LogP contribution >= 0.6 is 0 Å². The van der Waals surface area contributed by atoms with Crippen LogP contribution in [0.1, 0.15) is 12.0 Å². The minimum Gasteiger partial charge on any atom is -0.488 e. The molecule has 1 aromatic carbocycles. The fourth-order valence-corrected chi connectivity index (χ4v) is 3.03. The SMILES string of the molecule is O=S1(=O)CC(Oc2ccccc2CCCO)C1. The maximum Gasteiger partial charge on any atom is 0.157 e. The predicted molar refractivity (Wildman–Crippen MR) is 64.9 cm³/mol. The van der Waals surface area contributed by atoms with Crippen LogP contribution in [0.3, 0.4) is 0 Å². The molecule has 17 heavy (non-hydrogen) atoms. The van der Waals surface area contributed by atoms with E-state index in [2.05, 4.69) is 0 Å². The summed E-state index contributed by atoms with van der Waals surface area (Å²) in [4.78, 5) is 0. The average Bonchev–Trinajstić information content (AvgIpc) is 2.25. The van der Waals surface area contributed by atoms with Gasteiger partial charge in [0.1, 0.15) is 11.9 Å². The monoisotopic (exact) mass is 256 g/mol. The predicted octanol–water partition coefficient (Wildman–Crippen LogP) is 0.787. The van der Waals surface area contributed by atoms with Crippen LogP contribution in [0.25, 0.3) is 0 Å². The lowest BCUT2D eigenvalue weighted by molar-refractivity contribution is 0.227. The molecule has 4 nitrogen and oxygen atoms in total. The van der Waals surface area contributed by atoms with Crippen LogP contribution in [0.5, 0.6) is 5.75 Å². The summed E-state index contributed by atoms with van der Waals surface area (Å²) in [6.45, 7) is 0.145. The molecule has 1 aliphatic rings. The maximum absolute atomic E-state index is 11.0. The highest BCUT2D eigenvalue weighted by molar-refractivity contribution is 7.92. The van der Waals surface area contributed by atoms with Crippen LogP contribution in [0.2, 0.25) is 0 Å². The molecule has 0 spiro atoms. The second-order valence-electron chi connectivity index (χ2n) is 4.25. The van der Waals surface area contributed by atoms with E-state index in [-0.39, 0.29) is 24.2 Å². The molecular weight excluding hydrogens is 240 g/mol. The highest BCUT2D eigenvalue weighted by Gasteiger charge is 2.35. The van der Waals surface area contributed by atoms with Gasteiger partial charge in [0.05, 0.1) is 11.5 Å². The van der Waals surface area contributed by atoms with E-state index in [1.807, 2.05) is 24.3 Å². The number of hydrogen-bond acceptors (Lipinski definition) is 4. The van der Waals surface area contributed by atoms with Gasteiger partial charge in [-0.2, -0.15) is 0 Å². The summed E-state index contributed by atoms with van der Waals surface area (Å²) < 4.78 is 27.7. The lowest BCUT2D eigenvalue weighted by Gasteiger charge is -2.27. The zero-order valence-corrected chi connectivity index (χ0v) is 10.3. The van der Waals surface area contributed by atoms with E-state index in [1.165, 1.54) is 0 Å². The first-order valence-electron chi connectivity index (χ1n) is 5.66. The van der Waals surface area contributed by atoms with Crippen molar-refractivity contribution in [3.05, 3.63) is 29.8 Å². The number of para-hydroxylation sites is 1. The summed E-state index contributed by atoms with van der Waals surface area (Å²) in [5.74, 6) is 0.962. The molecule has 1 fully saturated rings. The molecule has 0 saturated carbocycles. The lowest BCUT2D eigenvalue weighted by atomic mass is 10.1. The third-order valence-corrected chi connectivity index (χ3v) is 4.51. The summed E-state index contributed by atoms with van der Waals surface area (Å²) in [6, 6.07) is 7.57. The van der Waals surface area contributed by atoms with E-state index in [0.717, 1.165) is 17.7 Å². The molecule has 2 rings (SSSR count). The lowest BCUT2D eigenvalue weighted by Crippen LogP contribution is -2.45. The van der Waals surface area contributed by atoms with Gasteiger partial charge in [-0.25, -0.2) is 8.42 Å². The van der Waals surface area contributed by atoms with E-state index in [9.17, 15) is 8.42 Å². The first-order valence-corrected chi connectivity index (χ1v) is 7.49. The molecule has 0 aromatic heterocycles. The smallest absolute Gasteiger partial charge is 0.157 e. The molecule has 1 heterocycles. The van der Waals surface area contributed by atoms with Crippen molar-refractivity contribution in [2.75, 3.05) is 18.1 Å². The van der Waals surface area contributed by atoms with Crippen LogP contribution in [0, 0.1) is 0 Å². The van der Waals surface area contributed by atoms with Crippen LogP contribution in [-0.2, 0) is 16.3 Å². The Morgan fingerprint density at radius 3 is 2.65 bits per heavy atom. The fourth-order valence-electron chi connectivity index (χ4n) is 1.86. The fraction of sp³-hybridized carbons (Fsp3) is 0.500. The summed E-state index contributed by atoms with van der Waals surface area (Å²) >= 11 is 0. The number of aliphatic hydroxyl groups excluding tert-OH is 1. The number of sulfone groups is 1. The third kappa shape index (κ3) is 3.20. The van der Waals surface area contributed by atoms with Crippen molar-refractivity contribution in [1.29, 1.82) is 0 Å². The van der Waals surface area contributed by atoms with E-state index < -0.39 is 9.84 Å². The maximum atomic E-state index is 11.0. The van der Waals surface area contributed by atoms with Gasteiger partial charge in [0.2, 0.25) is 0 Å². The van der Waals surface area contributed by atoms with Crippen molar-refractivity contribution < 1.29 is 18.3 Å². The van der Waals surface area contributed by atoms with Gasteiger partial charge in [-0.1, -0.05) is 18.2 Å². The molecule has 1 aliphatic heterocycles. The molecule has 0 aliphatic carbocycles. The standard InChI is InChI=1S/C12H16O4S/c13-7-3-5-10-4-1-2-6-12(10)16-11-8-17(14,15)9-11/h1-2,4,6,11,13H,3,5,7-9H2. The molecule has 0 radical (unpaired) electrons. The number of ether oxygens (including phenoxy) is 1. The van der Waals surface area contributed by atoms with E-state index >= 15 is 0 Å². The third-order valence-electron chi connectivity index (χ3n) is 2.75. The molecule has 1 aromatic rings. The van der Waals surface area contributed by atoms with Crippen molar-refractivity contribution in [2.45, 2.75) is 18.9 Å². The number of rotatable bonds is 5. The van der Waals surface area contributed by atoms with Crippen molar-refractivity contribution in [3.63, 3.8) is 0 Å². The Bertz CT molecular complexity index is 469. The minimum absolute atomic E-state index is 0.112. The van der Waals surface area contributed by atoms with Crippen molar-refractivity contribution in [2.24, 2.45) is 0 Å². The van der Waals surface area contributed by atoms with Gasteiger partial charge in [-0.05, 0) is 24.5 Å². The molecule has 5 heteroatoms. The number of benzene rings is 1. The van der Waals surface area contributed by atoms with Gasteiger partial charge in [-0.3, -0.25) is 0 Å². The normalized spacial score (nSPS) is 18.6. The van der Waals surface area contributed by atoms with Crippen molar-refractivity contribution in [3.8, 4) is 5.75 Å². The van der Waals surface area contributed by atoms with E-state index in [1.54, 1.807) is 0 Å². The van der Waals surface area contributed by atoms with Gasteiger partial charge >= 0.3 is 0 Å². The Hall–Kier alpha value is -1.07. The Morgan fingerprint density at radius 1 is 1.29 bits per heavy atom. The number of hydrogen-bond donors (Lipinski definition) is 1. The zero-order chi connectivity index (χ0) is 12.3. The van der Waals surface area contributed by atoms with Crippen LogP contribution in [0.15, 0.2) is 24.3 Å². The van der Waals surface area contributed by atoms with Crippen LogP contribution in [-0.4, -0.2) is 37.7 Å².